The summed E-state index contributed by atoms with van der Waals surface area (Å²) in [5.74, 6) is 1.31. The molecule has 2 heterocycles. The van der Waals surface area contributed by atoms with E-state index >= 15 is 0 Å². The molecule has 5 heteroatoms. The third-order valence-electron chi connectivity index (χ3n) is 4.63. The van der Waals surface area contributed by atoms with Crippen molar-refractivity contribution >= 4 is 6.01 Å². The summed E-state index contributed by atoms with van der Waals surface area (Å²) in [7, 11) is 0. The van der Waals surface area contributed by atoms with Crippen molar-refractivity contribution in [1.29, 1.82) is 0 Å². The van der Waals surface area contributed by atoms with E-state index in [4.69, 9.17) is 4.42 Å². The van der Waals surface area contributed by atoms with Gasteiger partial charge in [-0.15, -0.1) is 5.10 Å². The first-order valence-corrected chi connectivity index (χ1v) is 8.16. The molecule has 0 amide bonds. The molecule has 1 saturated heterocycles. The summed E-state index contributed by atoms with van der Waals surface area (Å²) in [6.45, 7) is 4.29. The molecule has 2 atom stereocenters. The van der Waals surface area contributed by atoms with Crippen LogP contribution in [0.2, 0.25) is 0 Å². The second kappa shape index (κ2) is 5.72. The second-order valence-electron chi connectivity index (χ2n) is 6.56. The van der Waals surface area contributed by atoms with Gasteiger partial charge in [-0.3, -0.25) is 4.90 Å². The molecule has 1 aliphatic carbocycles. The Balaban J connectivity index is 1.35. The maximum atomic E-state index is 5.71. The lowest BCUT2D eigenvalue weighted by Gasteiger charge is -2.20. The first kappa shape index (κ1) is 13.8. The number of nitrogens with one attached hydrogen (secondary N) is 1. The Labute approximate surface area is 130 Å². The molecule has 1 aromatic heterocycles. The van der Waals surface area contributed by atoms with E-state index < -0.39 is 0 Å². The highest BCUT2D eigenvalue weighted by atomic mass is 16.4. The second-order valence-corrected chi connectivity index (χ2v) is 6.56. The summed E-state index contributed by atoms with van der Waals surface area (Å²) in [5, 5.41) is 11.7. The third kappa shape index (κ3) is 2.99. The van der Waals surface area contributed by atoms with Crippen molar-refractivity contribution in [1.82, 2.24) is 15.1 Å². The van der Waals surface area contributed by atoms with E-state index in [-0.39, 0.29) is 0 Å². The molecule has 116 valence electrons. The third-order valence-corrected chi connectivity index (χ3v) is 4.63. The van der Waals surface area contributed by atoms with Crippen LogP contribution in [0.5, 0.6) is 0 Å². The summed E-state index contributed by atoms with van der Waals surface area (Å²) < 4.78 is 5.71. The van der Waals surface area contributed by atoms with E-state index in [0.717, 1.165) is 25.4 Å². The SMILES string of the molecule is CC1CC(Nc2nnc(C3CC3)o2)CN1Cc1ccccc1. The van der Waals surface area contributed by atoms with Gasteiger partial charge in [-0.25, -0.2) is 0 Å². The first-order valence-electron chi connectivity index (χ1n) is 8.16. The predicted molar refractivity (Wildman–Crippen MR) is 84.6 cm³/mol. The zero-order chi connectivity index (χ0) is 14.9. The van der Waals surface area contributed by atoms with E-state index in [1.54, 1.807) is 0 Å². The van der Waals surface area contributed by atoms with Gasteiger partial charge in [0.2, 0.25) is 5.89 Å². The monoisotopic (exact) mass is 298 g/mol. The van der Waals surface area contributed by atoms with Crippen molar-refractivity contribution in [2.45, 2.75) is 50.7 Å². The van der Waals surface area contributed by atoms with Crippen LogP contribution in [0.4, 0.5) is 6.01 Å². The van der Waals surface area contributed by atoms with Crippen molar-refractivity contribution in [2.24, 2.45) is 0 Å². The number of rotatable bonds is 5. The Morgan fingerprint density at radius 2 is 2.05 bits per heavy atom. The number of likely N-dealkylation sites (tertiary alicyclic amines) is 1. The Morgan fingerprint density at radius 3 is 2.82 bits per heavy atom. The lowest BCUT2D eigenvalue weighted by atomic mass is 10.2. The molecular weight excluding hydrogens is 276 g/mol. The van der Waals surface area contributed by atoms with Gasteiger partial charge in [-0.05, 0) is 31.7 Å². The number of aromatic nitrogens is 2. The normalized spacial score (nSPS) is 25.5. The van der Waals surface area contributed by atoms with Crippen molar-refractivity contribution in [3.63, 3.8) is 0 Å². The number of nitrogens with zero attached hydrogens (tertiary/aromatic N) is 3. The standard InChI is InChI=1S/C17H22N4O/c1-12-9-15(11-21(12)10-13-5-3-2-4-6-13)18-17-20-19-16(22-17)14-7-8-14/h2-6,12,14-15H,7-11H2,1H3,(H,18,20). The molecule has 2 fully saturated rings. The van der Waals surface area contributed by atoms with Gasteiger partial charge in [0.25, 0.3) is 0 Å². The van der Waals surface area contributed by atoms with Gasteiger partial charge in [0.1, 0.15) is 0 Å². The Bertz CT molecular complexity index is 623. The highest BCUT2D eigenvalue weighted by Crippen LogP contribution is 2.39. The van der Waals surface area contributed by atoms with Crippen molar-refractivity contribution in [2.75, 3.05) is 11.9 Å². The predicted octanol–water partition coefficient (Wildman–Crippen LogP) is 3.02. The minimum atomic E-state index is 0.381. The molecule has 2 aromatic rings. The number of hydrogen-bond acceptors (Lipinski definition) is 5. The summed E-state index contributed by atoms with van der Waals surface area (Å²) in [5.41, 5.74) is 1.36. The van der Waals surface area contributed by atoms with Crippen LogP contribution in [-0.2, 0) is 6.54 Å². The fourth-order valence-electron chi connectivity index (χ4n) is 3.20. The van der Waals surface area contributed by atoms with Gasteiger partial charge in [0.05, 0.1) is 0 Å². The Morgan fingerprint density at radius 1 is 1.23 bits per heavy atom. The maximum Gasteiger partial charge on any atom is 0.315 e. The molecule has 0 spiro atoms. The maximum absolute atomic E-state index is 5.71. The Hall–Kier alpha value is -1.88. The zero-order valence-electron chi connectivity index (χ0n) is 12.9. The smallest absolute Gasteiger partial charge is 0.315 e. The molecule has 22 heavy (non-hydrogen) atoms. The van der Waals surface area contributed by atoms with Crippen LogP contribution in [-0.4, -0.2) is 33.7 Å². The molecule has 0 bridgehead atoms. The first-order chi connectivity index (χ1) is 10.8. The van der Waals surface area contributed by atoms with Crippen molar-refractivity contribution in [3.05, 3.63) is 41.8 Å². The zero-order valence-corrected chi connectivity index (χ0v) is 12.9. The molecule has 1 saturated carbocycles. The summed E-state index contributed by atoms with van der Waals surface area (Å²) in [6, 6.07) is 12.2. The van der Waals surface area contributed by atoms with Crippen LogP contribution in [0.25, 0.3) is 0 Å². The van der Waals surface area contributed by atoms with Gasteiger partial charge in [-0.1, -0.05) is 35.4 Å². The van der Waals surface area contributed by atoms with E-state index in [9.17, 15) is 0 Å². The van der Waals surface area contributed by atoms with Crippen LogP contribution in [0.3, 0.4) is 0 Å². The minimum Gasteiger partial charge on any atom is -0.408 e. The highest BCUT2D eigenvalue weighted by molar-refractivity contribution is 5.23. The topological polar surface area (TPSA) is 54.2 Å². The highest BCUT2D eigenvalue weighted by Gasteiger charge is 2.32. The van der Waals surface area contributed by atoms with E-state index in [1.807, 2.05) is 0 Å². The average molecular weight is 298 g/mol. The van der Waals surface area contributed by atoms with Gasteiger partial charge in [0.15, 0.2) is 0 Å². The summed E-state index contributed by atoms with van der Waals surface area (Å²) in [4.78, 5) is 2.51. The molecule has 2 aliphatic rings. The molecule has 1 N–H and O–H groups in total. The van der Waals surface area contributed by atoms with Crippen LogP contribution in [0.15, 0.2) is 34.7 Å². The van der Waals surface area contributed by atoms with E-state index in [2.05, 4.69) is 57.7 Å². The largest absolute Gasteiger partial charge is 0.408 e. The van der Waals surface area contributed by atoms with Crippen LogP contribution >= 0.6 is 0 Å². The Kier molecular flexibility index (Phi) is 3.58. The van der Waals surface area contributed by atoms with Gasteiger partial charge in [0, 0.05) is 31.1 Å². The number of hydrogen-bond donors (Lipinski definition) is 1. The molecule has 1 aromatic carbocycles. The lowest BCUT2D eigenvalue weighted by molar-refractivity contribution is 0.259. The summed E-state index contributed by atoms with van der Waals surface area (Å²) >= 11 is 0. The lowest BCUT2D eigenvalue weighted by Crippen LogP contribution is -2.28. The van der Waals surface area contributed by atoms with Crippen LogP contribution in [0, 0.1) is 0 Å². The summed E-state index contributed by atoms with van der Waals surface area (Å²) in [6.07, 6.45) is 3.48. The van der Waals surface area contributed by atoms with E-state index in [1.165, 1.54) is 18.4 Å². The fourth-order valence-corrected chi connectivity index (χ4v) is 3.20. The van der Waals surface area contributed by atoms with Gasteiger partial charge in [-0.2, -0.15) is 0 Å². The minimum absolute atomic E-state index is 0.381. The average Bonchev–Trinajstić information content (AvgIpc) is 3.18. The van der Waals surface area contributed by atoms with Crippen molar-refractivity contribution < 1.29 is 4.42 Å². The molecule has 1 aliphatic heterocycles. The van der Waals surface area contributed by atoms with E-state index in [0.29, 0.717) is 24.0 Å². The molecular formula is C17H22N4O. The van der Waals surface area contributed by atoms with Gasteiger partial charge < -0.3 is 9.73 Å². The molecule has 4 rings (SSSR count). The fraction of sp³-hybridized carbons (Fsp3) is 0.529. The van der Waals surface area contributed by atoms with Crippen LogP contribution in [0.1, 0.15) is 43.6 Å². The number of anilines is 1. The molecule has 2 unspecified atom stereocenters. The molecule has 5 nitrogen and oxygen atoms in total. The van der Waals surface area contributed by atoms with Gasteiger partial charge >= 0.3 is 6.01 Å². The van der Waals surface area contributed by atoms with Crippen LogP contribution < -0.4 is 5.32 Å². The number of benzene rings is 1. The molecule has 0 radical (unpaired) electrons. The van der Waals surface area contributed by atoms with Crippen molar-refractivity contribution in [3.8, 4) is 0 Å². The quantitative estimate of drug-likeness (QED) is 0.919.